The molecule has 3 heterocycles. The van der Waals surface area contributed by atoms with Gasteiger partial charge in [0.25, 0.3) is 0 Å². The Labute approximate surface area is 192 Å². The molecule has 1 fully saturated rings. The molecule has 32 heavy (non-hydrogen) atoms. The van der Waals surface area contributed by atoms with Crippen LogP contribution in [-0.2, 0) is 0 Å². The molecular formula is C22H18ClFN6OS. The highest BCUT2D eigenvalue weighted by molar-refractivity contribution is 7.14. The maximum atomic E-state index is 13.4. The molecule has 1 saturated heterocycles. The third-order valence-electron chi connectivity index (χ3n) is 5.30. The molecule has 162 valence electrons. The van der Waals surface area contributed by atoms with E-state index < -0.39 is 0 Å². The molecule has 0 aliphatic carbocycles. The number of carbonyl (C=O) groups excluding carboxylic acids is 1. The summed E-state index contributed by atoms with van der Waals surface area (Å²) in [6, 6.07) is 13.1. The van der Waals surface area contributed by atoms with E-state index >= 15 is 0 Å². The molecule has 1 N–H and O–H groups in total. The number of anilines is 2. The molecular weight excluding hydrogens is 451 g/mol. The fourth-order valence-corrected chi connectivity index (χ4v) is 4.66. The summed E-state index contributed by atoms with van der Waals surface area (Å²) >= 11 is 7.37. The number of rotatable bonds is 3. The number of benzene rings is 2. The van der Waals surface area contributed by atoms with E-state index in [2.05, 4.69) is 24.6 Å². The summed E-state index contributed by atoms with van der Waals surface area (Å²) in [6.45, 7) is 2.29. The van der Waals surface area contributed by atoms with E-state index in [4.69, 9.17) is 11.6 Å². The Balaban J connectivity index is 1.31. The molecule has 0 radical (unpaired) electrons. The van der Waals surface area contributed by atoms with Crippen LogP contribution in [0.15, 0.2) is 54.9 Å². The molecule has 2 amide bonds. The van der Waals surface area contributed by atoms with Gasteiger partial charge in [-0.2, -0.15) is 4.37 Å². The predicted molar refractivity (Wildman–Crippen MR) is 125 cm³/mol. The van der Waals surface area contributed by atoms with Crippen LogP contribution in [0, 0.1) is 5.82 Å². The third kappa shape index (κ3) is 4.09. The number of amides is 2. The van der Waals surface area contributed by atoms with E-state index in [0.29, 0.717) is 36.9 Å². The molecule has 2 aromatic heterocycles. The highest BCUT2D eigenvalue weighted by atomic mass is 35.5. The molecule has 0 saturated carbocycles. The van der Waals surface area contributed by atoms with Gasteiger partial charge in [0.15, 0.2) is 5.82 Å². The zero-order valence-corrected chi connectivity index (χ0v) is 18.4. The number of hydrogen-bond donors (Lipinski definition) is 1. The van der Waals surface area contributed by atoms with Crippen LogP contribution in [0.2, 0.25) is 5.02 Å². The average Bonchev–Trinajstić information content (AvgIpc) is 3.24. The van der Waals surface area contributed by atoms with Crippen molar-refractivity contribution in [3.05, 3.63) is 65.7 Å². The van der Waals surface area contributed by atoms with Crippen molar-refractivity contribution in [3.63, 3.8) is 0 Å². The van der Waals surface area contributed by atoms with Crippen LogP contribution in [0.1, 0.15) is 0 Å². The first-order valence-electron chi connectivity index (χ1n) is 10.0. The number of urea groups is 1. The van der Waals surface area contributed by atoms with Crippen LogP contribution in [0.25, 0.3) is 21.5 Å². The summed E-state index contributed by atoms with van der Waals surface area (Å²) in [4.78, 5) is 25.4. The number of piperazine rings is 1. The summed E-state index contributed by atoms with van der Waals surface area (Å²) in [6.07, 6.45) is 1.55. The van der Waals surface area contributed by atoms with Gasteiger partial charge in [-0.05, 0) is 41.9 Å². The number of hydrogen-bond acceptors (Lipinski definition) is 6. The summed E-state index contributed by atoms with van der Waals surface area (Å²) in [5.74, 6) is 0.431. The van der Waals surface area contributed by atoms with E-state index in [0.717, 1.165) is 27.3 Å². The van der Waals surface area contributed by atoms with Gasteiger partial charge in [0, 0.05) is 42.5 Å². The topological polar surface area (TPSA) is 74.2 Å². The van der Waals surface area contributed by atoms with Crippen molar-refractivity contribution in [2.75, 3.05) is 36.4 Å². The quantitative estimate of drug-likeness (QED) is 0.463. The van der Waals surface area contributed by atoms with Gasteiger partial charge in [-0.1, -0.05) is 29.8 Å². The standard InChI is InChI=1S/C22H18ClFN6OS/c23-15-6-4-14(5-7-15)18-19-20(32-28-18)21(26-13-25-19)29-8-10-30(11-9-29)22(31)27-17-3-1-2-16(24)12-17/h1-7,12-13H,8-11H2,(H,27,31). The lowest BCUT2D eigenvalue weighted by molar-refractivity contribution is 0.208. The number of fused-ring (bicyclic) bond motifs is 1. The average molecular weight is 469 g/mol. The maximum Gasteiger partial charge on any atom is 0.321 e. The number of nitrogens with zero attached hydrogens (tertiary/aromatic N) is 5. The Bertz CT molecular complexity index is 1270. The lowest BCUT2D eigenvalue weighted by atomic mass is 10.1. The third-order valence-corrected chi connectivity index (χ3v) is 6.38. The monoisotopic (exact) mass is 468 g/mol. The first-order chi connectivity index (χ1) is 15.6. The molecule has 10 heteroatoms. The lowest BCUT2D eigenvalue weighted by Crippen LogP contribution is -2.50. The van der Waals surface area contributed by atoms with Gasteiger partial charge in [0.2, 0.25) is 0 Å². The number of carbonyl (C=O) groups is 1. The van der Waals surface area contributed by atoms with Crippen molar-refractivity contribution in [2.45, 2.75) is 0 Å². The van der Waals surface area contributed by atoms with E-state index in [1.807, 2.05) is 24.3 Å². The van der Waals surface area contributed by atoms with Gasteiger partial charge in [-0.3, -0.25) is 0 Å². The Morgan fingerprint density at radius 3 is 2.59 bits per heavy atom. The van der Waals surface area contributed by atoms with Crippen molar-refractivity contribution in [3.8, 4) is 11.3 Å². The van der Waals surface area contributed by atoms with Crippen LogP contribution in [0.5, 0.6) is 0 Å². The fraction of sp³-hybridized carbons (Fsp3) is 0.182. The van der Waals surface area contributed by atoms with Crippen LogP contribution >= 0.6 is 23.1 Å². The van der Waals surface area contributed by atoms with Gasteiger partial charge in [-0.15, -0.1) is 0 Å². The van der Waals surface area contributed by atoms with Crippen molar-refractivity contribution in [1.82, 2.24) is 19.2 Å². The minimum atomic E-state index is -0.386. The van der Waals surface area contributed by atoms with Crippen LogP contribution in [0.4, 0.5) is 20.7 Å². The normalized spacial score (nSPS) is 14.1. The molecule has 0 unspecified atom stereocenters. The minimum absolute atomic E-state index is 0.245. The first-order valence-corrected chi connectivity index (χ1v) is 11.2. The Hall–Kier alpha value is -3.30. The highest BCUT2D eigenvalue weighted by Gasteiger charge is 2.25. The Kier molecular flexibility index (Phi) is 5.59. The van der Waals surface area contributed by atoms with Crippen LogP contribution in [0.3, 0.4) is 0 Å². The second kappa shape index (κ2) is 8.68. The molecule has 4 aromatic rings. The van der Waals surface area contributed by atoms with E-state index in [9.17, 15) is 9.18 Å². The number of aromatic nitrogens is 3. The molecule has 0 atom stereocenters. The molecule has 1 aliphatic rings. The first kappa shape index (κ1) is 20.6. The largest absolute Gasteiger partial charge is 0.352 e. The second-order valence-electron chi connectivity index (χ2n) is 7.33. The summed E-state index contributed by atoms with van der Waals surface area (Å²) in [5, 5.41) is 3.42. The van der Waals surface area contributed by atoms with Crippen molar-refractivity contribution < 1.29 is 9.18 Å². The zero-order valence-electron chi connectivity index (χ0n) is 16.8. The summed E-state index contributed by atoms with van der Waals surface area (Å²) in [5.41, 5.74) is 2.99. The van der Waals surface area contributed by atoms with Gasteiger partial charge in [-0.25, -0.2) is 19.2 Å². The van der Waals surface area contributed by atoms with Crippen molar-refractivity contribution >= 4 is 50.9 Å². The van der Waals surface area contributed by atoms with Gasteiger partial charge in [0.1, 0.15) is 28.1 Å². The number of halogens is 2. The highest BCUT2D eigenvalue weighted by Crippen LogP contribution is 2.34. The number of nitrogens with one attached hydrogen (secondary N) is 1. The van der Waals surface area contributed by atoms with E-state index in [1.54, 1.807) is 23.4 Å². The van der Waals surface area contributed by atoms with Crippen LogP contribution < -0.4 is 10.2 Å². The van der Waals surface area contributed by atoms with Gasteiger partial charge in [0.05, 0.1) is 0 Å². The van der Waals surface area contributed by atoms with Gasteiger partial charge >= 0.3 is 6.03 Å². The zero-order chi connectivity index (χ0) is 22.1. The van der Waals surface area contributed by atoms with E-state index in [1.165, 1.54) is 23.7 Å². The minimum Gasteiger partial charge on any atom is -0.352 e. The molecule has 1 aliphatic heterocycles. The van der Waals surface area contributed by atoms with Crippen LogP contribution in [-0.4, -0.2) is 51.5 Å². The molecule has 0 bridgehead atoms. The maximum absolute atomic E-state index is 13.4. The predicted octanol–water partition coefficient (Wildman–Crippen LogP) is 4.90. The molecule has 5 rings (SSSR count). The van der Waals surface area contributed by atoms with Gasteiger partial charge < -0.3 is 15.1 Å². The lowest BCUT2D eigenvalue weighted by Gasteiger charge is -2.35. The Morgan fingerprint density at radius 1 is 1.06 bits per heavy atom. The summed E-state index contributed by atoms with van der Waals surface area (Å²) in [7, 11) is 0. The van der Waals surface area contributed by atoms with Crippen molar-refractivity contribution in [2.24, 2.45) is 0 Å². The molecule has 7 nitrogen and oxygen atoms in total. The van der Waals surface area contributed by atoms with Crippen molar-refractivity contribution in [1.29, 1.82) is 0 Å². The molecule has 0 spiro atoms. The second-order valence-corrected chi connectivity index (χ2v) is 8.54. The summed E-state index contributed by atoms with van der Waals surface area (Å²) < 4.78 is 18.9. The smallest absolute Gasteiger partial charge is 0.321 e. The van der Waals surface area contributed by atoms with E-state index in [-0.39, 0.29) is 11.8 Å². The molecule has 2 aromatic carbocycles. The fourth-order valence-electron chi connectivity index (χ4n) is 3.66. The Morgan fingerprint density at radius 2 is 1.84 bits per heavy atom. The SMILES string of the molecule is O=C(Nc1cccc(F)c1)N1CCN(c2ncnc3c(-c4ccc(Cl)cc4)nsc23)CC1.